The molecule has 0 saturated heterocycles. The van der Waals surface area contributed by atoms with Crippen LogP contribution >= 0.6 is 15.9 Å². The fourth-order valence-corrected chi connectivity index (χ4v) is 3.00. The summed E-state index contributed by atoms with van der Waals surface area (Å²) in [5, 5.41) is 6.93. The van der Waals surface area contributed by atoms with E-state index in [1.165, 1.54) is 22.9 Å². The largest absolute Gasteiger partial charge is 0.573 e. The molecule has 3 aromatic rings. The molecular weight excluding hydrogens is 479 g/mol. The third-order valence-electron chi connectivity index (χ3n) is 4.15. The molecule has 3 rings (SSSR count). The lowest BCUT2D eigenvalue weighted by Gasteiger charge is -2.10. The molecule has 2 aromatic carbocycles. The van der Waals surface area contributed by atoms with Gasteiger partial charge in [-0.05, 0) is 48.9 Å². The van der Waals surface area contributed by atoms with Crippen molar-refractivity contribution in [3.63, 3.8) is 0 Å². The maximum Gasteiger partial charge on any atom is 0.573 e. The summed E-state index contributed by atoms with van der Waals surface area (Å²) >= 11 is 3.37. The van der Waals surface area contributed by atoms with Crippen LogP contribution in [0.5, 0.6) is 5.75 Å². The molecule has 0 aliphatic rings. The van der Waals surface area contributed by atoms with Gasteiger partial charge in [0.05, 0.1) is 5.69 Å². The molecular formula is C21H17BrF3N3O3. The van der Waals surface area contributed by atoms with Gasteiger partial charge in [-0.1, -0.05) is 28.1 Å². The van der Waals surface area contributed by atoms with Gasteiger partial charge in [0.15, 0.2) is 0 Å². The molecule has 1 aromatic heterocycles. The first kappa shape index (κ1) is 22.5. The first-order valence-electron chi connectivity index (χ1n) is 9.19. The molecule has 0 atom stereocenters. The smallest absolute Gasteiger partial charge is 0.406 e. The molecule has 0 aliphatic carbocycles. The van der Waals surface area contributed by atoms with Gasteiger partial charge in [0.1, 0.15) is 5.75 Å². The Morgan fingerprint density at radius 1 is 1.03 bits per heavy atom. The van der Waals surface area contributed by atoms with E-state index in [9.17, 15) is 22.8 Å². The lowest BCUT2D eigenvalue weighted by atomic mass is 10.1. The number of amides is 1. The van der Waals surface area contributed by atoms with Gasteiger partial charge in [-0.3, -0.25) is 9.59 Å². The van der Waals surface area contributed by atoms with Gasteiger partial charge in [-0.15, -0.1) is 13.2 Å². The molecule has 0 fully saturated rings. The topological polar surface area (TPSA) is 73.2 Å². The van der Waals surface area contributed by atoms with E-state index < -0.39 is 6.36 Å². The number of nitrogens with zero attached hydrogens (tertiary/aromatic N) is 2. The predicted octanol–water partition coefficient (Wildman–Crippen LogP) is 4.99. The highest BCUT2D eigenvalue weighted by atomic mass is 79.9. The van der Waals surface area contributed by atoms with E-state index in [0.29, 0.717) is 17.8 Å². The maximum atomic E-state index is 12.2. The minimum atomic E-state index is -4.77. The lowest BCUT2D eigenvalue weighted by molar-refractivity contribution is -0.274. The van der Waals surface area contributed by atoms with Gasteiger partial charge in [0, 0.05) is 34.8 Å². The van der Waals surface area contributed by atoms with Crippen molar-refractivity contribution in [3.05, 3.63) is 75.5 Å². The van der Waals surface area contributed by atoms with Crippen molar-refractivity contribution >= 4 is 27.5 Å². The Bertz CT molecular complexity index is 1100. The quantitative estimate of drug-likeness (QED) is 0.501. The Labute approximate surface area is 183 Å². The Kier molecular flexibility index (Phi) is 7.11. The molecule has 0 aliphatic heterocycles. The van der Waals surface area contributed by atoms with Crippen molar-refractivity contribution in [2.24, 2.45) is 0 Å². The van der Waals surface area contributed by atoms with Crippen molar-refractivity contribution in [2.75, 3.05) is 5.32 Å². The highest BCUT2D eigenvalue weighted by Gasteiger charge is 2.30. The van der Waals surface area contributed by atoms with E-state index >= 15 is 0 Å². The number of hydrogen-bond donors (Lipinski definition) is 1. The van der Waals surface area contributed by atoms with Crippen LogP contribution in [0.4, 0.5) is 18.9 Å². The van der Waals surface area contributed by atoms with Gasteiger partial charge in [-0.25, -0.2) is 4.68 Å². The van der Waals surface area contributed by atoms with Crippen LogP contribution in [0.15, 0.2) is 69.9 Å². The number of nitrogens with one attached hydrogen (secondary N) is 1. The average molecular weight is 496 g/mol. The molecule has 1 N–H and O–H groups in total. The number of rotatable bonds is 7. The molecule has 162 valence electrons. The summed E-state index contributed by atoms with van der Waals surface area (Å²) in [7, 11) is 0. The Balaban J connectivity index is 1.54. The van der Waals surface area contributed by atoms with Gasteiger partial charge < -0.3 is 10.1 Å². The van der Waals surface area contributed by atoms with Crippen molar-refractivity contribution in [3.8, 4) is 17.0 Å². The zero-order chi connectivity index (χ0) is 22.4. The van der Waals surface area contributed by atoms with Crippen LogP contribution in [0, 0.1) is 0 Å². The van der Waals surface area contributed by atoms with E-state index in [4.69, 9.17) is 0 Å². The maximum absolute atomic E-state index is 12.2. The summed E-state index contributed by atoms with van der Waals surface area (Å²) in [6, 6.07) is 15.4. The van der Waals surface area contributed by atoms with Crippen molar-refractivity contribution in [1.82, 2.24) is 9.78 Å². The molecule has 10 heteroatoms. The molecule has 1 heterocycles. The number of ether oxygens (including phenoxy) is 1. The van der Waals surface area contributed by atoms with E-state index in [-0.39, 0.29) is 30.2 Å². The van der Waals surface area contributed by atoms with Crippen molar-refractivity contribution in [1.29, 1.82) is 0 Å². The van der Waals surface area contributed by atoms with E-state index in [1.807, 2.05) is 24.3 Å². The summed E-state index contributed by atoms with van der Waals surface area (Å²) in [5.41, 5.74) is 1.55. The number of hydrogen-bond acceptors (Lipinski definition) is 4. The normalized spacial score (nSPS) is 11.2. The highest BCUT2D eigenvalue weighted by molar-refractivity contribution is 9.10. The average Bonchev–Trinajstić information content (AvgIpc) is 2.70. The number of benzene rings is 2. The fraction of sp³-hybridized carbons (Fsp3) is 0.190. The highest BCUT2D eigenvalue weighted by Crippen LogP contribution is 2.24. The van der Waals surface area contributed by atoms with Crippen LogP contribution in [-0.2, 0) is 11.3 Å². The molecule has 0 bridgehead atoms. The van der Waals surface area contributed by atoms with Crippen LogP contribution in [0.25, 0.3) is 11.3 Å². The zero-order valence-electron chi connectivity index (χ0n) is 16.0. The first-order valence-corrected chi connectivity index (χ1v) is 9.99. The number of alkyl halides is 3. The number of carbonyl (C=O) groups is 1. The number of anilines is 1. The van der Waals surface area contributed by atoms with Crippen LogP contribution in [0.3, 0.4) is 0 Å². The van der Waals surface area contributed by atoms with E-state index in [0.717, 1.165) is 22.2 Å². The monoisotopic (exact) mass is 495 g/mol. The number of aromatic nitrogens is 2. The number of aryl methyl sites for hydroxylation is 1. The zero-order valence-corrected chi connectivity index (χ0v) is 17.6. The summed E-state index contributed by atoms with van der Waals surface area (Å²) in [4.78, 5) is 24.1. The van der Waals surface area contributed by atoms with Crippen LogP contribution in [0.2, 0.25) is 0 Å². The predicted molar refractivity (Wildman–Crippen MR) is 113 cm³/mol. The number of halogens is 4. The van der Waals surface area contributed by atoms with Crippen molar-refractivity contribution < 1.29 is 22.7 Å². The molecule has 1 amide bonds. The van der Waals surface area contributed by atoms with Crippen LogP contribution < -0.4 is 15.6 Å². The fourth-order valence-electron chi connectivity index (χ4n) is 2.74. The summed E-state index contributed by atoms with van der Waals surface area (Å²) in [6.45, 7) is 0.245. The third kappa shape index (κ3) is 6.95. The van der Waals surface area contributed by atoms with Gasteiger partial charge in [-0.2, -0.15) is 5.10 Å². The second-order valence-electron chi connectivity index (χ2n) is 6.51. The second kappa shape index (κ2) is 9.78. The van der Waals surface area contributed by atoms with Crippen LogP contribution in [0.1, 0.15) is 12.8 Å². The Hall–Kier alpha value is -3.14. The van der Waals surface area contributed by atoms with Gasteiger partial charge in [0.25, 0.3) is 5.56 Å². The SMILES string of the molecule is O=C(CCCn1nc(-c2ccc(Br)cc2)ccc1=O)Nc1ccc(OC(F)(F)F)cc1. The van der Waals surface area contributed by atoms with E-state index in [1.54, 1.807) is 6.07 Å². The summed E-state index contributed by atoms with van der Waals surface area (Å²) < 4.78 is 42.5. The molecule has 31 heavy (non-hydrogen) atoms. The first-order chi connectivity index (χ1) is 14.7. The number of carbonyl (C=O) groups excluding carboxylic acids is 1. The Morgan fingerprint density at radius 3 is 2.35 bits per heavy atom. The van der Waals surface area contributed by atoms with Gasteiger partial charge in [0.2, 0.25) is 5.91 Å². The minimum Gasteiger partial charge on any atom is -0.406 e. The summed E-state index contributed by atoms with van der Waals surface area (Å²) in [6.07, 6.45) is -4.30. The molecule has 0 spiro atoms. The lowest BCUT2D eigenvalue weighted by Crippen LogP contribution is -2.23. The Morgan fingerprint density at radius 2 is 1.71 bits per heavy atom. The standard InChI is InChI=1S/C21H17BrF3N3O3/c22-15-5-3-14(4-6-15)18-11-12-20(30)28(27-18)13-1-2-19(29)26-16-7-9-17(10-8-16)31-21(23,24)25/h3-12H,1-2,13H2,(H,26,29). The van der Waals surface area contributed by atoms with E-state index in [2.05, 4.69) is 31.1 Å². The minimum absolute atomic E-state index is 0.109. The summed E-state index contributed by atoms with van der Waals surface area (Å²) in [5.74, 6) is -0.705. The third-order valence-corrected chi connectivity index (χ3v) is 4.68. The molecule has 6 nitrogen and oxygen atoms in total. The van der Waals surface area contributed by atoms with Crippen LogP contribution in [-0.4, -0.2) is 22.1 Å². The molecule has 0 unspecified atom stereocenters. The van der Waals surface area contributed by atoms with Crippen molar-refractivity contribution in [2.45, 2.75) is 25.7 Å². The molecule has 0 radical (unpaired) electrons. The van der Waals surface area contributed by atoms with Gasteiger partial charge >= 0.3 is 6.36 Å². The second-order valence-corrected chi connectivity index (χ2v) is 7.43. The molecule has 0 saturated carbocycles.